The molecule has 1 saturated heterocycles. The summed E-state index contributed by atoms with van der Waals surface area (Å²) in [6.45, 7) is 3.78. The maximum absolute atomic E-state index is 5.93. The summed E-state index contributed by atoms with van der Waals surface area (Å²) in [4.78, 5) is 2.61. The highest BCUT2D eigenvalue weighted by molar-refractivity contribution is 4.92. The lowest BCUT2D eigenvalue weighted by Crippen LogP contribution is -2.32. The van der Waals surface area contributed by atoms with Gasteiger partial charge in [0.2, 0.25) is 0 Å². The van der Waals surface area contributed by atoms with E-state index in [4.69, 9.17) is 5.73 Å². The van der Waals surface area contributed by atoms with Crippen molar-refractivity contribution in [2.45, 2.75) is 38.1 Å². The molecule has 2 saturated carbocycles. The van der Waals surface area contributed by atoms with Crippen LogP contribution >= 0.6 is 0 Å². The van der Waals surface area contributed by atoms with Crippen molar-refractivity contribution in [2.24, 2.45) is 23.5 Å². The fourth-order valence-corrected chi connectivity index (χ4v) is 3.96. The average molecular weight is 194 g/mol. The minimum atomic E-state index is 0.466. The number of hydrogen-bond acceptors (Lipinski definition) is 2. The summed E-state index contributed by atoms with van der Waals surface area (Å²) in [6.07, 6.45) is 7.34. The van der Waals surface area contributed by atoms with Crippen molar-refractivity contribution >= 4 is 0 Å². The highest BCUT2D eigenvalue weighted by atomic mass is 15.2. The molecule has 2 nitrogen and oxygen atoms in total. The first-order chi connectivity index (χ1) is 6.81. The minimum Gasteiger partial charge on any atom is -0.326 e. The van der Waals surface area contributed by atoms with Gasteiger partial charge < -0.3 is 10.6 Å². The normalized spacial score (nSPS) is 47.8. The van der Waals surface area contributed by atoms with Gasteiger partial charge in [0.25, 0.3) is 0 Å². The molecule has 4 unspecified atom stereocenters. The van der Waals surface area contributed by atoms with Crippen molar-refractivity contribution in [1.82, 2.24) is 4.90 Å². The molecule has 0 aromatic heterocycles. The highest BCUT2D eigenvalue weighted by Crippen LogP contribution is 2.48. The van der Waals surface area contributed by atoms with Crippen LogP contribution in [0, 0.1) is 17.8 Å². The molecule has 0 aromatic carbocycles. The van der Waals surface area contributed by atoms with E-state index in [0.717, 1.165) is 24.3 Å². The zero-order valence-corrected chi connectivity index (χ0v) is 8.99. The van der Waals surface area contributed by atoms with Crippen molar-refractivity contribution in [3.63, 3.8) is 0 Å². The van der Waals surface area contributed by atoms with E-state index in [1.807, 2.05) is 0 Å². The van der Waals surface area contributed by atoms with E-state index in [1.165, 1.54) is 38.8 Å². The van der Waals surface area contributed by atoms with E-state index in [1.54, 1.807) is 6.42 Å². The summed E-state index contributed by atoms with van der Waals surface area (Å²) in [7, 11) is 0. The number of hydrogen-bond donors (Lipinski definition) is 1. The van der Waals surface area contributed by atoms with Crippen LogP contribution in [0.25, 0.3) is 0 Å². The zero-order chi connectivity index (χ0) is 9.54. The van der Waals surface area contributed by atoms with Gasteiger partial charge >= 0.3 is 0 Å². The molecule has 2 bridgehead atoms. The van der Waals surface area contributed by atoms with Crippen LogP contribution in [0.3, 0.4) is 0 Å². The second-order valence-electron chi connectivity index (χ2n) is 5.74. The van der Waals surface area contributed by atoms with Gasteiger partial charge in [-0.2, -0.15) is 0 Å². The van der Waals surface area contributed by atoms with Gasteiger partial charge in [-0.25, -0.2) is 0 Å². The van der Waals surface area contributed by atoms with E-state index in [2.05, 4.69) is 4.90 Å². The molecule has 0 aromatic rings. The Morgan fingerprint density at radius 1 is 1.14 bits per heavy atom. The van der Waals surface area contributed by atoms with Crippen LogP contribution in [-0.2, 0) is 0 Å². The standard InChI is InChI=1S/C12H22N2/c13-12-3-4-14(8-12)7-11-6-9-1-2-10(11)5-9/h9-12H,1-8,13H2. The van der Waals surface area contributed by atoms with Crippen LogP contribution in [0.5, 0.6) is 0 Å². The second kappa shape index (κ2) is 3.49. The van der Waals surface area contributed by atoms with Crippen molar-refractivity contribution in [3.05, 3.63) is 0 Å². The van der Waals surface area contributed by atoms with Crippen LogP contribution in [-0.4, -0.2) is 30.6 Å². The molecular formula is C12H22N2. The predicted molar refractivity (Wildman–Crippen MR) is 58.0 cm³/mol. The molecule has 14 heavy (non-hydrogen) atoms. The lowest BCUT2D eigenvalue weighted by Gasteiger charge is -2.26. The number of nitrogens with two attached hydrogens (primary N) is 1. The Morgan fingerprint density at radius 3 is 2.64 bits per heavy atom. The molecule has 2 N–H and O–H groups in total. The molecule has 1 aliphatic heterocycles. The first-order valence-electron chi connectivity index (χ1n) is 6.29. The van der Waals surface area contributed by atoms with Crippen molar-refractivity contribution in [3.8, 4) is 0 Å². The van der Waals surface area contributed by atoms with Gasteiger partial charge in [-0.3, -0.25) is 0 Å². The summed E-state index contributed by atoms with van der Waals surface area (Å²) < 4.78 is 0. The molecular weight excluding hydrogens is 172 g/mol. The molecule has 4 atom stereocenters. The molecule has 3 rings (SSSR count). The average Bonchev–Trinajstić information content (AvgIpc) is 2.82. The SMILES string of the molecule is NC1CCN(CC2CC3CCC2C3)C1. The van der Waals surface area contributed by atoms with Crippen LogP contribution in [0.4, 0.5) is 0 Å². The summed E-state index contributed by atoms with van der Waals surface area (Å²) in [6, 6.07) is 0.466. The van der Waals surface area contributed by atoms with Gasteiger partial charge in [-0.15, -0.1) is 0 Å². The lowest BCUT2D eigenvalue weighted by molar-refractivity contribution is 0.218. The molecule has 2 aliphatic carbocycles. The van der Waals surface area contributed by atoms with Gasteiger partial charge in [0.1, 0.15) is 0 Å². The maximum Gasteiger partial charge on any atom is 0.0180 e. The maximum atomic E-state index is 5.93. The summed E-state index contributed by atoms with van der Waals surface area (Å²) in [5.41, 5.74) is 5.93. The van der Waals surface area contributed by atoms with Crippen LogP contribution in [0.1, 0.15) is 32.1 Å². The topological polar surface area (TPSA) is 29.3 Å². The quantitative estimate of drug-likeness (QED) is 0.721. The predicted octanol–water partition coefficient (Wildman–Crippen LogP) is 1.46. The Bertz CT molecular complexity index is 216. The van der Waals surface area contributed by atoms with Gasteiger partial charge in [0.15, 0.2) is 0 Å². The zero-order valence-electron chi connectivity index (χ0n) is 8.99. The Balaban J connectivity index is 1.53. The third-order valence-corrected chi connectivity index (χ3v) is 4.69. The fourth-order valence-electron chi connectivity index (χ4n) is 3.96. The summed E-state index contributed by atoms with van der Waals surface area (Å²) in [5.74, 6) is 3.21. The van der Waals surface area contributed by atoms with Gasteiger partial charge in [0.05, 0.1) is 0 Å². The van der Waals surface area contributed by atoms with Crippen LogP contribution < -0.4 is 5.73 Å². The Labute approximate surface area is 86.8 Å². The van der Waals surface area contributed by atoms with Crippen molar-refractivity contribution in [2.75, 3.05) is 19.6 Å². The highest BCUT2D eigenvalue weighted by Gasteiger charge is 2.40. The molecule has 2 heteroatoms. The monoisotopic (exact) mass is 194 g/mol. The number of fused-ring (bicyclic) bond motifs is 2. The lowest BCUT2D eigenvalue weighted by atomic mass is 9.88. The number of likely N-dealkylation sites (tertiary alicyclic amines) is 1. The molecule has 80 valence electrons. The number of rotatable bonds is 2. The van der Waals surface area contributed by atoms with E-state index in [9.17, 15) is 0 Å². The van der Waals surface area contributed by atoms with Crippen LogP contribution in [0.15, 0.2) is 0 Å². The molecule has 0 amide bonds. The third kappa shape index (κ3) is 1.59. The van der Waals surface area contributed by atoms with Gasteiger partial charge in [-0.05, 0) is 50.0 Å². The van der Waals surface area contributed by atoms with Gasteiger partial charge in [-0.1, -0.05) is 6.42 Å². The largest absolute Gasteiger partial charge is 0.326 e. The summed E-state index contributed by atoms with van der Waals surface area (Å²) >= 11 is 0. The Kier molecular flexibility index (Phi) is 2.29. The second-order valence-corrected chi connectivity index (χ2v) is 5.74. The van der Waals surface area contributed by atoms with E-state index in [0.29, 0.717) is 6.04 Å². The van der Waals surface area contributed by atoms with E-state index >= 15 is 0 Å². The summed E-state index contributed by atoms with van der Waals surface area (Å²) in [5, 5.41) is 0. The van der Waals surface area contributed by atoms with E-state index < -0.39 is 0 Å². The first-order valence-corrected chi connectivity index (χ1v) is 6.29. The molecule has 3 aliphatic rings. The molecule has 3 fully saturated rings. The van der Waals surface area contributed by atoms with Gasteiger partial charge in [0, 0.05) is 19.1 Å². The van der Waals surface area contributed by atoms with E-state index in [-0.39, 0.29) is 0 Å². The van der Waals surface area contributed by atoms with Crippen molar-refractivity contribution in [1.29, 1.82) is 0 Å². The van der Waals surface area contributed by atoms with Crippen LogP contribution in [0.2, 0.25) is 0 Å². The first kappa shape index (κ1) is 9.17. The minimum absolute atomic E-state index is 0.466. The fraction of sp³-hybridized carbons (Fsp3) is 1.00. The smallest absolute Gasteiger partial charge is 0.0180 e. The molecule has 1 heterocycles. The third-order valence-electron chi connectivity index (χ3n) is 4.69. The Morgan fingerprint density at radius 2 is 2.07 bits per heavy atom. The number of nitrogens with zero attached hydrogens (tertiary/aromatic N) is 1. The molecule has 0 spiro atoms. The van der Waals surface area contributed by atoms with Crippen molar-refractivity contribution < 1.29 is 0 Å². The Hall–Kier alpha value is -0.0800. The molecule has 0 radical (unpaired) electrons.